The van der Waals surface area contributed by atoms with Crippen molar-refractivity contribution in [3.63, 3.8) is 0 Å². The van der Waals surface area contributed by atoms with Gasteiger partial charge in [0.25, 0.3) is 0 Å². The van der Waals surface area contributed by atoms with Crippen LogP contribution in [0.1, 0.15) is 16.1 Å². The number of halogens is 2. The first kappa shape index (κ1) is 13.4. The third-order valence-corrected chi connectivity index (χ3v) is 3.61. The van der Waals surface area contributed by atoms with Crippen molar-refractivity contribution >= 4 is 44.3 Å². The van der Waals surface area contributed by atoms with Gasteiger partial charge in [0.1, 0.15) is 0 Å². The van der Waals surface area contributed by atoms with Crippen molar-refractivity contribution in [3.8, 4) is 5.88 Å². The molecule has 92 valence electrons. The molecule has 0 unspecified atom stereocenters. The summed E-state index contributed by atoms with van der Waals surface area (Å²) >= 11 is 5.51. The summed E-state index contributed by atoms with van der Waals surface area (Å²) in [6, 6.07) is 5.54. The molecule has 0 N–H and O–H groups in total. The quantitative estimate of drug-likeness (QED) is 0.567. The van der Waals surface area contributed by atoms with E-state index in [2.05, 4.69) is 48.5 Å². The summed E-state index contributed by atoms with van der Waals surface area (Å²) in [5.74, 6) is 0.0126. The molecule has 0 fully saturated rings. The van der Waals surface area contributed by atoms with Crippen LogP contribution >= 0.6 is 38.5 Å². The molecule has 0 amide bonds. The van der Waals surface area contributed by atoms with Gasteiger partial charge in [0.05, 0.1) is 7.11 Å². The molecular weight excluding hydrogens is 411 g/mol. The lowest BCUT2D eigenvalue weighted by Gasteiger charge is -2.06. The zero-order chi connectivity index (χ0) is 13.1. The third kappa shape index (κ3) is 2.69. The van der Waals surface area contributed by atoms with E-state index < -0.39 is 0 Å². The van der Waals surface area contributed by atoms with Crippen molar-refractivity contribution < 1.29 is 9.53 Å². The van der Waals surface area contributed by atoms with Crippen molar-refractivity contribution in [2.45, 2.75) is 0 Å². The summed E-state index contributed by atoms with van der Waals surface area (Å²) in [5.41, 5.74) is 0.753. The van der Waals surface area contributed by atoms with Gasteiger partial charge in [-0.15, -0.1) is 0 Å². The molecule has 1 heterocycles. The molecule has 0 spiro atoms. The third-order valence-electron chi connectivity index (χ3n) is 2.25. The molecule has 1 aromatic heterocycles. The SMILES string of the molecule is COc1nccnc1C(=O)c1cc(I)ccc1Br. The minimum absolute atomic E-state index is 0.211. The van der Waals surface area contributed by atoms with E-state index >= 15 is 0 Å². The summed E-state index contributed by atoms with van der Waals surface area (Å²) in [4.78, 5) is 20.4. The van der Waals surface area contributed by atoms with E-state index in [1.165, 1.54) is 19.5 Å². The maximum atomic E-state index is 12.4. The summed E-state index contributed by atoms with van der Waals surface area (Å²) in [7, 11) is 1.46. The Morgan fingerprint density at radius 3 is 2.78 bits per heavy atom. The number of carbonyl (C=O) groups is 1. The van der Waals surface area contributed by atoms with Crippen LogP contribution in [0.15, 0.2) is 35.1 Å². The van der Waals surface area contributed by atoms with Crippen LogP contribution in [-0.2, 0) is 0 Å². The molecule has 0 aliphatic carbocycles. The van der Waals surface area contributed by atoms with E-state index in [0.29, 0.717) is 5.56 Å². The van der Waals surface area contributed by atoms with E-state index in [4.69, 9.17) is 4.74 Å². The minimum atomic E-state index is -0.217. The van der Waals surface area contributed by atoms with E-state index in [1.807, 2.05) is 12.1 Å². The summed E-state index contributed by atoms with van der Waals surface area (Å²) in [6.07, 6.45) is 2.96. The summed E-state index contributed by atoms with van der Waals surface area (Å²) < 4.78 is 6.74. The predicted molar refractivity (Wildman–Crippen MR) is 78.9 cm³/mol. The second-order valence-electron chi connectivity index (χ2n) is 3.37. The highest BCUT2D eigenvalue weighted by molar-refractivity contribution is 14.1. The largest absolute Gasteiger partial charge is 0.479 e. The normalized spacial score (nSPS) is 10.2. The lowest BCUT2D eigenvalue weighted by Crippen LogP contribution is -2.08. The van der Waals surface area contributed by atoms with Crippen LogP contribution in [0.3, 0.4) is 0 Å². The molecule has 0 atom stereocenters. The van der Waals surface area contributed by atoms with Gasteiger partial charge in [-0.1, -0.05) is 15.9 Å². The zero-order valence-electron chi connectivity index (χ0n) is 9.35. The van der Waals surface area contributed by atoms with Crippen LogP contribution in [0.2, 0.25) is 0 Å². The Kier molecular flexibility index (Phi) is 4.28. The Balaban J connectivity index is 2.51. The molecule has 4 nitrogen and oxygen atoms in total. The molecule has 6 heteroatoms. The number of nitrogens with zero attached hydrogens (tertiary/aromatic N) is 2. The van der Waals surface area contributed by atoms with Crippen LogP contribution < -0.4 is 4.74 Å². The summed E-state index contributed by atoms with van der Waals surface area (Å²) in [5, 5.41) is 0. The van der Waals surface area contributed by atoms with Gasteiger partial charge in [-0.05, 0) is 40.8 Å². The number of carbonyl (C=O) groups excluding carboxylic acids is 1. The monoisotopic (exact) mass is 418 g/mol. The topological polar surface area (TPSA) is 52.1 Å². The van der Waals surface area contributed by atoms with E-state index in [-0.39, 0.29) is 17.4 Å². The van der Waals surface area contributed by atoms with Gasteiger partial charge in [0.2, 0.25) is 11.7 Å². The lowest BCUT2D eigenvalue weighted by atomic mass is 10.1. The van der Waals surface area contributed by atoms with Crippen LogP contribution in [-0.4, -0.2) is 22.9 Å². The Morgan fingerprint density at radius 2 is 2.06 bits per heavy atom. The Bertz CT molecular complexity index is 604. The summed E-state index contributed by atoms with van der Waals surface area (Å²) in [6.45, 7) is 0. The first-order valence-electron chi connectivity index (χ1n) is 4.98. The van der Waals surface area contributed by atoms with Crippen molar-refractivity contribution in [1.29, 1.82) is 0 Å². The number of methoxy groups -OCH3 is 1. The molecule has 0 radical (unpaired) electrons. The molecule has 0 aliphatic rings. The maximum Gasteiger partial charge on any atom is 0.243 e. The maximum absolute atomic E-state index is 12.4. The number of ketones is 1. The predicted octanol–water partition coefficient (Wildman–Crippen LogP) is 3.08. The van der Waals surface area contributed by atoms with Gasteiger partial charge in [0, 0.05) is 26.0 Å². The first-order chi connectivity index (χ1) is 8.63. The highest BCUT2D eigenvalue weighted by atomic mass is 127. The Hall–Kier alpha value is -1.02. The average Bonchev–Trinajstić information content (AvgIpc) is 2.40. The van der Waals surface area contributed by atoms with E-state index in [9.17, 15) is 4.79 Å². The Labute approximate surface area is 126 Å². The molecule has 1 aromatic carbocycles. The van der Waals surface area contributed by atoms with Crippen LogP contribution in [0, 0.1) is 3.57 Å². The minimum Gasteiger partial charge on any atom is -0.479 e. The standard InChI is InChI=1S/C12H8BrIN2O2/c1-18-12-10(15-4-5-16-12)11(17)8-6-7(14)2-3-9(8)13/h2-6H,1H3. The van der Waals surface area contributed by atoms with Gasteiger partial charge in [-0.3, -0.25) is 4.79 Å². The number of hydrogen-bond donors (Lipinski definition) is 0. The number of ether oxygens (including phenoxy) is 1. The number of aromatic nitrogens is 2. The zero-order valence-corrected chi connectivity index (χ0v) is 13.1. The molecule has 0 aliphatic heterocycles. The first-order valence-corrected chi connectivity index (χ1v) is 6.85. The van der Waals surface area contributed by atoms with E-state index in [0.717, 1.165) is 8.04 Å². The molecule has 2 rings (SSSR count). The van der Waals surface area contributed by atoms with Gasteiger partial charge in [-0.25, -0.2) is 9.97 Å². The van der Waals surface area contributed by atoms with Gasteiger partial charge < -0.3 is 4.74 Å². The number of benzene rings is 1. The molecule has 0 bridgehead atoms. The molecule has 18 heavy (non-hydrogen) atoms. The second-order valence-corrected chi connectivity index (χ2v) is 5.47. The fourth-order valence-corrected chi connectivity index (χ4v) is 2.35. The number of rotatable bonds is 3. The van der Waals surface area contributed by atoms with Gasteiger partial charge in [-0.2, -0.15) is 0 Å². The number of hydrogen-bond acceptors (Lipinski definition) is 4. The van der Waals surface area contributed by atoms with Crippen LogP contribution in [0.4, 0.5) is 0 Å². The van der Waals surface area contributed by atoms with E-state index in [1.54, 1.807) is 6.07 Å². The molecular formula is C12H8BrIN2O2. The van der Waals surface area contributed by atoms with Crippen molar-refractivity contribution in [3.05, 3.63) is 49.9 Å². The fraction of sp³-hybridized carbons (Fsp3) is 0.0833. The van der Waals surface area contributed by atoms with Crippen LogP contribution in [0.5, 0.6) is 5.88 Å². The van der Waals surface area contributed by atoms with Gasteiger partial charge >= 0.3 is 0 Å². The lowest BCUT2D eigenvalue weighted by molar-refractivity contribution is 0.102. The highest BCUT2D eigenvalue weighted by Gasteiger charge is 2.19. The molecule has 0 saturated heterocycles. The highest BCUT2D eigenvalue weighted by Crippen LogP contribution is 2.24. The average molecular weight is 419 g/mol. The Morgan fingerprint density at radius 1 is 1.33 bits per heavy atom. The smallest absolute Gasteiger partial charge is 0.243 e. The second kappa shape index (κ2) is 5.75. The van der Waals surface area contributed by atoms with Crippen molar-refractivity contribution in [2.24, 2.45) is 0 Å². The molecule has 2 aromatic rings. The van der Waals surface area contributed by atoms with Crippen molar-refractivity contribution in [1.82, 2.24) is 9.97 Å². The molecule has 0 saturated carbocycles. The van der Waals surface area contributed by atoms with Gasteiger partial charge in [0.15, 0.2) is 5.69 Å². The van der Waals surface area contributed by atoms with Crippen LogP contribution in [0.25, 0.3) is 0 Å². The van der Waals surface area contributed by atoms with Crippen molar-refractivity contribution in [2.75, 3.05) is 7.11 Å². The fourth-order valence-electron chi connectivity index (χ4n) is 1.43.